The Morgan fingerprint density at radius 2 is 2.15 bits per heavy atom. The molecule has 0 saturated heterocycles. The lowest BCUT2D eigenvalue weighted by Crippen LogP contribution is -2.31. The standard InChI is InChI=1S/C14H18N4O2/c15-9-5-2-1-4-8(9)13-17-10-6-3-7-11(12(10)18-13)20-14(16)19/h3,6-9H,1-2,4-5,15H2,(H2,16,19)(H,17,18)/t8-,9+/m1/s1. The van der Waals surface area contributed by atoms with E-state index in [1.165, 1.54) is 12.8 Å². The molecule has 1 amide bonds. The Balaban J connectivity index is 1.99. The number of fused-ring (bicyclic) bond motifs is 1. The van der Waals surface area contributed by atoms with E-state index >= 15 is 0 Å². The predicted octanol–water partition coefficient (Wildman–Crippen LogP) is 2.01. The molecule has 20 heavy (non-hydrogen) atoms. The number of nitrogens with one attached hydrogen (secondary N) is 1. The van der Waals surface area contributed by atoms with Gasteiger partial charge < -0.3 is 21.2 Å². The van der Waals surface area contributed by atoms with Gasteiger partial charge in [-0.05, 0) is 25.0 Å². The Hall–Kier alpha value is -2.08. The van der Waals surface area contributed by atoms with E-state index < -0.39 is 6.09 Å². The molecule has 106 valence electrons. The van der Waals surface area contributed by atoms with E-state index in [0.29, 0.717) is 11.3 Å². The molecule has 2 atom stereocenters. The topological polar surface area (TPSA) is 107 Å². The Morgan fingerprint density at radius 1 is 1.35 bits per heavy atom. The number of H-pyrrole nitrogens is 1. The smallest absolute Gasteiger partial charge is 0.408 e. The zero-order chi connectivity index (χ0) is 14.1. The number of carbonyl (C=O) groups is 1. The first kappa shape index (κ1) is 12.9. The molecule has 0 radical (unpaired) electrons. The van der Waals surface area contributed by atoms with E-state index in [2.05, 4.69) is 9.97 Å². The Labute approximate surface area is 116 Å². The van der Waals surface area contributed by atoms with Gasteiger partial charge >= 0.3 is 6.09 Å². The molecule has 1 aromatic carbocycles. The van der Waals surface area contributed by atoms with E-state index in [0.717, 1.165) is 24.2 Å². The van der Waals surface area contributed by atoms with Gasteiger partial charge in [-0.25, -0.2) is 9.78 Å². The van der Waals surface area contributed by atoms with Crippen LogP contribution in [0.5, 0.6) is 5.75 Å². The van der Waals surface area contributed by atoms with Gasteiger partial charge in [-0.1, -0.05) is 18.9 Å². The summed E-state index contributed by atoms with van der Waals surface area (Å²) in [5.74, 6) is 1.48. The molecule has 6 nitrogen and oxygen atoms in total. The number of nitrogens with zero attached hydrogens (tertiary/aromatic N) is 1. The summed E-state index contributed by atoms with van der Waals surface area (Å²) in [7, 11) is 0. The number of benzene rings is 1. The van der Waals surface area contributed by atoms with Crippen LogP contribution in [0.3, 0.4) is 0 Å². The number of imidazole rings is 1. The van der Waals surface area contributed by atoms with Crippen molar-refractivity contribution < 1.29 is 9.53 Å². The first-order chi connectivity index (χ1) is 9.65. The Kier molecular flexibility index (Phi) is 3.31. The van der Waals surface area contributed by atoms with Crippen LogP contribution in [-0.2, 0) is 0 Å². The second-order valence-corrected chi connectivity index (χ2v) is 5.25. The van der Waals surface area contributed by atoms with Crippen molar-refractivity contribution in [2.45, 2.75) is 37.6 Å². The number of aromatic nitrogens is 2. The monoisotopic (exact) mass is 274 g/mol. The molecule has 6 heteroatoms. The van der Waals surface area contributed by atoms with Gasteiger partial charge in [-0.3, -0.25) is 0 Å². The van der Waals surface area contributed by atoms with Crippen LogP contribution in [0.2, 0.25) is 0 Å². The summed E-state index contributed by atoms with van der Waals surface area (Å²) in [6.07, 6.45) is 3.56. The molecular formula is C14H18N4O2. The number of ether oxygens (including phenoxy) is 1. The normalized spacial score (nSPS) is 22.9. The molecule has 0 unspecified atom stereocenters. The highest BCUT2D eigenvalue weighted by atomic mass is 16.5. The SMILES string of the molecule is NC(=O)Oc1cccc2[nH]c([C@@H]3CCCC[C@@H]3N)nc12. The van der Waals surface area contributed by atoms with Crippen LogP contribution in [0, 0.1) is 0 Å². The molecule has 0 spiro atoms. The van der Waals surface area contributed by atoms with Crippen molar-refractivity contribution in [1.29, 1.82) is 0 Å². The number of para-hydroxylation sites is 1. The second-order valence-electron chi connectivity index (χ2n) is 5.25. The van der Waals surface area contributed by atoms with Gasteiger partial charge in [0.2, 0.25) is 0 Å². The van der Waals surface area contributed by atoms with Crippen LogP contribution in [0.4, 0.5) is 4.79 Å². The molecule has 5 N–H and O–H groups in total. The number of amides is 1. The quantitative estimate of drug-likeness (QED) is 0.778. The number of primary amides is 1. The summed E-state index contributed by atoms with van der Waals surface area (Å²) in [5, 5.41) is 0. The van der Waals surface area contributed by atoms with Crippen molar-refractivity contribution >= 4 is 17.1 Å². The Bertz CT molecular complexity index is 637. The molecule has 1 saturated carbocycles. The third-order valence-corrected chi connectivity index (χ3v) is 3.88. The minimum Gasteiger partial charge on any atom is -0.408 e. The number of hydrogen-bond acceptors (Lipinski definition) is 4. The number of rotatable bonds is 2. The van der Waals surface area contributed by atoms with E-state index in [-0.39, 0.29) is 12.0 Å². The van der Waals surface area contributed by atoms with Crippen LogP contribution < -0.4 is 16.2 Å². The zero-order valence-corrected chi connectivity index (χ0v) is 11.1. The first-order valence-electron chi connectivity index (χ1n) is 6.86. The summed E-state index contributed by atoms with van der Waals surface area (Å²) in [6.45, 7) is 0. The van der Waals surface area contributed by atoms with E-state index in [9.17, 15) is 4.79 Å². The van der Waals surface area contributed by atoms with E-state index in [1.807, 2.05) is 6.07 Å². The van der Waals surface area contributed by atoms with Crippen molar-refractivity contribution in [3.63, 3.8) is 0 Å². The van der Waals surface area contributed by atoms with Crippen molar-refractivity contribution in [3.05, 3.63) is 24.0 Å². The lowest BCUT2D eigenvalue weighted by molar-refractivity contribution is 0.211. The zero-order valence-electron chi connectivity index (χ0n) is 11.1. The molecule has 1 aromatic heterocycles. The highest BCUT2D eigenvalue weighted by Crippen LogP contribution is 2.33. The van der Waals surface area contributed by atoms with Gasteiger partial charge in [-0.2, -0.15) is 0 Å². The average molecular weight is 274 g/mol. The van der Waals surface area contributed by atoms with Crippen LogP contribution in [0.15, 0.2) is 18.2 Å². The fourth-order valence-electron chi connectivity index (χ4n) is 2.89. The summed E-state index contributed by atoms with van der Waals surface area (Å²) in [4.78, 5) is 18.8. The first-order valence-corrected chi connectivity index (χ1v) is 6.86. The molecule has 1 aliphatic rings. The van der Waals surface area contributed by atoms with Crippen molar-refractivity contribution in [2.75, 3.05) is 0 Å². The maximum Gasteiger partial charge on any atom is 0.410 e. The largest absolute Gasteiger partial charge is 0.410 e. The molecule has 3 rings (SSSR count). The molecule has 1 heterocycles. The second kappa shape index (κ2) is 5.13. The van der Waals surface area contributed by atoms with E-state index in [4.69, 9.17) is 16.2 Å². The molecule has 2 aromatic rings. The van der Waals surface area contributed by atoms with E-state index in [1.54, 1.807) is 12.1 Å². The summed E-state index contributed by atoms with van der Waals surface area (Å²) < 4.78 is 4.98. The predicted molar refractivity (Wildman–Crippen MR) is 75.5 cm³/mol. The van der Waals surface area contributed by atoms with Crippen LogP contribution >= 0.6 is 0 Å². The summed E-state index contributed by atoms with van der Waals surface area (Å²) in [6, 6.07) is 5.50. The minimum absolute atomic E-state index is 0.129. The lowest BCUT2D eigenvalue weighted by Gasteiger charge is -2.26. The van der Waals surface area contributed by atoms with Crippen LogP contribution in [-0.4, -0.2) is 22.1 Å². The number of hydrogen-bond donors (Lipinski definition) is 3. The third kappa shape index (κ3) is 2.34. The molecule has 1 aliphatic carbocycles. The fraction of sp³-hybridized carbons (Fsp3) is 0.429. The van der Waals surface area contributed by atoms with Crippen LogP contribution in [0.25, 0.3) is 11.0 Å². The van der Waals surface area contributed by atoms with Crippen molar-refractivity contribution in [3.8, 4) is 5.75 Å². The van der Waals surface area contributed by atoms with Gasteiger partial charge in [-0.15, -0.1) is 0 Å². The maximum atomic E-state index is 10.9. The minimum atomic E-state index is -0.837. The molecule has 0 bridgehead atoms. The van der Waals surface area contributed by atoms with Gasteiger partial charge in [0.25, 0.3) is 0 Å². The van der Waals surface area contributed by atoms with Gasteiger partial charge in [0.15, 0.2) is 5.75 Å². The van der Waals surface area contributed by atoms with Gasteiger partial charge in [0.1, 0.15) is 11.3 Å². The van der Waals surface area contributed by atoms with Gasteiger partial charge in [0.05, 0.1) is 5.52 Å². The Morgan fingerprint density at radius 3 is 2.90 bits per heavy atom. The lowest BCUT2D eigenvalue weighted by atomic mass is 9.84. The number of aromatic amines is 1. The van der Waals surface area contributed by atoms with Crippen LogP contribution in [0.1, 0.15) is 37.4 Å². The third-order valence-electron chi connectivity index (χ3n) is 3.88. The highest BCUT2D eigenvalue weighted by Gasteiger charge is 2.26. The van der Waals surface area contributed by atoms with Crippen molar-refractivity contribution in [1.82, 2.24) is 9.97 Å². The average Bonchev–Trinajstić information content (AvgIpc) is 2.83. The van der Waals surface area contributed by atoms with Crippen molar-refractivity contribution in [2.24, 2.45) is 11.5 Å². The summed E-state index contributed by atoms with van der Waals surface area (Å²) in [5.41, 5.74) is 12.7. The van der Waals surface area contributed by atoms with Gasteiger partial charge in [0, 0.05) is 12.0 Å². The molecule has 1 fully saturated rings. The summed E-state index contributed by atoms with van der Waals surface area (Å²) >= 11 is 0. The number of carbonyl (C=O) groups excluding carboxylic acids is 1. The molecular weight excluding hydrogens is 256 g/mol. The maximum absolute atomic E-state index is 10.9. The molecule has 0 aliphatic heterocycles. The fourth-order valence-corrected chi connectivity index (χ4v) is 2.89. The highest BCUT2D eigenvalue weighted by molar-refractivity contribution is 5.84. The number of nitrogens with two attached hydrogens (primary N) is 2.